The van der Waals surface area contributed by atoms with E-state index in [1.165, 1.54) is 18.3 Å². The van der Waals surface area contributed by atoms with Gasteiger partial charge in [-0.1, -0.05) is 0 Å². The molecule has 0 atom stereocenters. The number of aromatic nitrogens is 1. The second kappa shape index (κ2) is 5.17. The Morgan fingerprint density at radius 1 is 1.33 bits per heavy atom. The molecule has 1 heterocycles. The number of rotatable bonds is 2. The monoisotopic (exact) mass is 279 g/mol. The molecule has 0 saturated carbocycles. The highest BCUT2D eigenvalue weighted by Gasteiger charge is 2.32. The molecule has 0 aliphatic rings. The number of thioether (sulfide) groups is 1. The van der Waals surface area contributed by atoms with Gasteiger partial charge in [-0.15, -0.1) is 0 Å². The van der Waals surface area contributed by atoms with Gasteiger partial charge < -0.3 is 4.74 Å². The van der Waals surface area contributed by atoms with Crippen LogP contribution in [0.3, 0.4) is 0 Å². The van der Waals surface area contributed by atoms with Crippen LogP contribution < -0.4 is 0 Å². The van der Waals surface area contributed by atoms with Crippen LogP contribution in [-0.2, 0) is 4.74 Å². The normalized spacial score (nSPS) is 12.3. The van der Waals surface area contributed by atoms with Crippen LogP contribution in [0.25, 0.3) is 0 Å². The molecule has 100 valence electrons. The topological polar surface area (TPSA) is 39.2 Å². The van der Waals surface area contributed by atoms with E-state index in [9.17, 15) is 18.0 Å². The third-order valence-electron chi connectivity index (χ3n) is 1.59. The lowest BCUT2D eigenvalue weighted by molar-refractivity contribution is -0.0328. The van der Waals surface area contributed by atoms with E-state index in [2.05, 4.69) is 4.98 Å². The Morgan fingerprint density at radius 2 is 1.94 bits per heavy atom. The van der Waals surface area contributed by atoms with E-state index in [-0.39, 0.29) is 22.4 Å². The van der Waals surface area contributed by atoms with E-state index in [1.807, 2.05) is 0 Å². The molecular weight excluding hydrogens is 267 g/mol. The Balaban J connectivity index is 2.99. The number of nitrogens with zero attached hydrogens (tertiary/aromatic N) is 1. The molecule has 0 unspecified atom stereocenters. The van der Waals surface area contributed by atoms with E-state index < -0.39 is 17.1 Å². The largest absolute Gasteiger partial charge is 0.455 e. The number of pyridine rings is 1. The lowest BCUT2D eigenvalue weighted by Gasteiger charge is -2.20. The first-order chi connectivity index (χ1) is 8.08. The zero-order valence-electron chi connectivity index (χ0n) is 10.0. The number of hydrogen-bond donors (Lipinski definition) is 0. The standard InChI is InChI=1S/C11H12F3NO2S/c1-10(2,3)17-9(16)8-7(5-4-6-15-8)18-11(12,13)14/h4-6H,1-3H3. The molecule has 0 aromatic carbocycles. The van der Waals surface area contributed by atoms with Gasteiger partial charge in [-0.25, -0.2) is 9.78 Å². The van der Waals surface area contributed by atoms with Crippen LogP contribution in [0.15, 0.2) is 23.2 Å². The van der Waals surface area contributed by atoms with E-state index in [4.69, 9.17) is 4.74 Å². The smallest absolute Gasteiger partial charge is 0.446 e. The molecule has 0 spiro atoms. The minimum atomic E-state index is -4.47. The number of alkyl halides is 3. The summed E-state index contributed by atoms with van der Waals surface area (Å²) in [6.45, 7) is 4.89. The van der Waals surface area contributed by atoms with Crippen LogP contribution in [0.1, 0.15) is 31.3 Å². The zero-order chi connectivity index (χ0) is 14.0. The fraction of sp³-hybridized carbons (Fsp3) is 0.455. The second-order valence-electron chi connectivity index (χ2n) is 4.40. The molecule has 1 aromatic rings. The maximum absolute atomic E-state index is 12.3. The molecule has 0 bridgehead atoms. The average Bonchev–Trinajstić information content (AvgIpc) is 2.12. The quantitative estimate of drug-likeness (QED) is 0.612. The fourth-order valence-corrected chi connectivity index (χ4v) is 1.71. The summed E-state index contributed by atoms with van der Waals surface area (Å²) in [5, 5.41) is 0. The van der Waals surface area contributed by atoms with Crippen LogP contribution in [0.2, 0.25) is 0 Å². The zero-order valence-corrected chi connectivity index (χ0v) is 10.9. The van der Waals surface area contributed by atoms with Crippen LogP contribution >= 0.6 is 11.8 Å². The van der Waals surface area contributed by atoms with Crippen LogP contribution in [-0.4, -0.2) is 22.1 Å². The fourth-order valence-electron chi connectivity index (χ4n) is 1.08. The SMILES string of the molecule is CC(C)(C)OC(=O)c1ncccc1SC(F)(F)F. The van der Waals surface area contributed by atoms with Crippen molar-refractivity contribution in [2.75, 3.05) is 0 Å². The molecule has 0 radical (unpaired) electrons. The number of ether oxygens (including phenoxy) is 1. The van der Waals surface area contributed by atoms with Crippen molar-refractivity contribution in [3.8, 4) is 0 Å². The van der Waals surface area contributed by atoms with Gasteiger partial charge in [0, 0.05) is 11.1 Å². The van der Waals surface area contributed by atoms with Gasteiger partial charge in [0.25, 0.3) is 0 Å². The highest BCUT2D eigenvalue weighted by atomic mass is 32.2. The molecule has 7 heteroatoms. The molecule has 0 saturated heterocycles. The van der Waals surface area contributed by atoms with Crippen molar-refractivity contribution in [1.82, 2.24) is 4.98 Å². The van der Waals surface area contributed by atoms with E-state index in [0.717, 1.165) is 0 Å². The van der Waals surface area contributed by atoms with Crippen LogP contribution in [0, 0.1) is 0 Å². The Labute approximate surface area is 107 Å². The van der Waals surface area contributed by atoms with Gasteiger partial charge in [0.15, 0.2) is 5.69 Å². The van der Waals surface area contributed by atoms with Gasteiger partial charge in [0.2, 0.25) is 0 Å². The van der Waals surface area contributed by atoms with Gasteiger partial charge in [0.05, 0.1) is 0 Å². The summed E-state index contributed by atoms with van der Waals surface area (Å²) < 4.78 is 41.9. The summed E-state index contributed by atoms with van der Waals surface area (Å²) in [5.41, 5.74) is -5.58. The molecule has 1 aromatic heterocycles. The number of hydrogen-bond acceptors (Lipinski definition) is 4. The third kappa shape index (κ3) is 4.95. The number of esters is 1. The van der Waals surface area contributed by atoms with E-state index >= 15 is 0 Å². The number of carbonyl (C=O) groups is 1. The first-order valence-corrected chi connectivity index (χ1v) is 5.84. The molecular formula is C11H12F3NO2S. The minimum absolute atomic E-state index is 0.265. The summed E-state index contributed by atoms with van der Waals surface area (Å²) in [6.07, 6.45) is 1.25. The van der Waals surface area contributed by atoms with Gasteiger partial charge >= 0.3 is 11.5 Å². The predicted octanol–water partition coefficient (Wildman–Crippen LogP) is 3.65. The second-order valence-corrected chi connectivity index (χ2v) is 5.51. The van der Waals surface area contributed by atoms with Crippen molar-refractivity contribution in [1.29, 1.82) is 0 Å². The van der Waals surface area contributed by atoms with E-state index in [1.54, 1.807) is 20.8 Å². The highest BCUT2D eigenvalue weighted by molar-refractivity contribution is 8.00. The molecule has 0 aliphatic heterocycles. The van der Waals surface area contributed by atoms with Crippen LogP contribution in [0.5, 0.6) is 0 Å². The molecule has 1 rings (SSSR count). The van der Waals surface area contributed by atoms with Crippen molar-refractivity contribution in [3.05, 3.63) is 24.0 Å². The number of halogens is 3. The lowest BCUT2D eigenvalue weighted by Crippen LogP contribution is -2.25. The summed E-state index contributed by atoms with van der Waals surface area (Å²) in [7, 11) is 0. The summed E-state index contributed by atoms with van der Waals surface area (Å²) in [5.74, 6) is -0.866. The molecule has 0 aliphatic carbocycles. The van der Waals surface area contributed by atoms with E-state index in [0.29, 0.717) is 0 Å². The van der Waals surface area contributed by atoms with Crippen molar-refractivity contribution in [2.45, 2.75) is 36.8 Å². The van der Waals surface area contributed by atoms with Crippen molar-refractivity contribution >= 4 is 17.7 Å². The number of carbonyl (C=O) groups excluding carboxylic acids is 1. The Morgan fingerprint density at radius 3 is 2.44 bits per heavy atom. The Bertz CT molecular complexity index is 441. The lowest BCUT2D eigenvalue weighted by atomic mass is 10.2. The first kappa shape index (κ1) is 14.8. The Kier molecular flexibility index (Phi) is 4.26. The van der Waals surface area contributed by atoms with Crippen LogP contribution in [0.4, 0.5) is 13.2 Å². The van der Waals surface area contributed by atoms with Gasteiger partial charge in [0.1, 0.15) is 5.60 Å². The van der Waals surface area contributed by atoms with Gasteiger partial charge in [-0.05, 0) is 44.7 Å². The molecule has 0 N–H and O–H groups in total. The third-order valence-corrected chi connectivity index (χ3v) is 2.37. The van der Waals surface area contributed by atoms with Crippen molar-refractivity contribution in [3.63, 3.8) is 0 Å². The maximum atomic E-state index is 12.3. The van der Waals surface area contributed by atoms with Crippen molar-refractivity contribution in [2.24, 2.45) is 0 Å². The molecule has 3 nitrogen and oxygen atoms in total. The van der Waals surface area contributed by atoms with Crippen molar-refractivity contribution < 1.29 is 22.7 Å². The predicted molar refractivity (Wildman–Crippen MR) is 61.3 cm³/mol. The first-order valence-electron chi connectivity index (χ1n) is 5.02. The summed E-state index contributed by atoms with van der Waals surface area (Å²) in [6, 6.07) is 2.52. The van der Waals surface area contributed by atoms with Gasteiger partial charge in [-0.3, -0.25) is 0 Å². The summed E-state index contributed by atoms with van der Waals surface area (Å²) in [4.78, 5) is 15.1. The molecule has 0 fully saturated rings. The maximum Gasteiger partial charge on any atom is 0.446 e. The van der Waals surface area contributed by atoms with Gasteiger partial charge in [-0.2, -0.15) is 13.2 Å². The summed E-state index contributed by atoms with van der Waals surface area (Å²) >= 11 is -0.382. The minimum Gasteiger partial charge on any atom is -0.455 e. The highest BCUT2D eigenvalue weighted by Crippen LogP contribution is 2.38. The Hall–Kier alpha value is -1.24. The molecule has 18 heavy (non-hydrogen) atoms. The average molecular weight is 279 g/mol. The molecule has 0 amide bonds.